The zero-order valence-corrected chi connectivity index (χ0v) is 11.8. The summed E-state index contributed by atoms with van der Waals surface area (Å²) in [5.74, 6) is -0.291. The van der Waals surface area contributed by atoms with Crippen LogP contribution >= 0.6 is 0 Å². The van der Waals surface area contributed by atoms with Crippen molar-refractivity contribution in [3.05, 3.63) is 24.3 Å². The second-order valence-corrected chi connectivity index (χ2v) is 7.20. The normalized spacial score (nSPS) is 20.4. The lowest BCUT2D eigenvalue weighted by atomic mass is 10.2. The Labute approximate surface area is 118 Å². The lowest BCUT2D eigenvalue weighted by Crippen LogP contribution is -2.48. The molecular formula is C13H17N3O3S. The van der Waals surface area contributed by atoms with Crippen LogP contribution in [0.1, 0.15) is 12.8 Å². The average Bonchev–Trinajstić information content (AvgIpc) is 2.47. The molecule has 2 aliphatic rings. The summed E-state index contributed by atoms with van der Waals surface area (Å²) in [6, 6.07) is 7.01. The molecule has 0 unspecified atom stereocenters. The largest absolute Gasteiger partial charge is 0.323 e. The number of piperidine rings is 1. The Hall–Kier alpha value is -1.60. The van der Waals surface area contributed by atoms with Crippen LogP contribution in [0.4, 0.5) is 11.4 Å². The van der Waals surface area contributed by atoms with Crippen molar-refractivity contribution in [3.63, 3.8) is 0 Å². The number of hydrogen-bond donors (Lipinski definition) is 2. The lowest BCUT2D eigenvalue weighted by Gasteiger charge is -2.34. The van der Waals surface area contributed by atoms with E-state index in [1.54, 1.807) is 24.3 Å². The first kappa shape index (κ1) is 13.4. The highest BCUT2D eigenvalue weighted by Crippen LogP contribution is 2.33. The number of amides is 1. The van der Waals surface area contributed by atoms with Crippen LogP contribution in [0.3, 0.4) is 0 Å². The highest BCUT2D eigenvalue weighted by Gasteiger charge is 2.37. The van der Waals surface area contributed by atoms with Crippen molar-refractivity contribution >= 4 is 27.3 Å². The number of sulfonamides is 1. The molecule has 3 rings (SSSR count). The zero-order chi connectivity index (χ0) is 14.2. The van der Waals surface area contributed by atoms with Crippen LogP contribution in [0.25, 0.3) is 0 Å². The second-order valence-electron chi connectivity index (χ2n) is 5.07. The average molecular weight is 295 g/mol. The third-order valence-corrected chi connectivity index (χ3v) is 6.00. The number of carbonyl (C=O) groups is 1. The monoisotopic (exact) mass is 295 g/mol. The van der Waals surface area contributed by atoms with Crippen LogP contribution in [0.2, 0.25) is 0 Å². The number of anilines is 2. The molecule has 108 valence electrons. The minimum absolute atomic E-state index is 0.136. The number of nitrogens with one attached hydrogen (secondary N) is 2. The molecule has 2 aliphatic heterocycles. The van der Waals surface area contributed by atoms with E-state index in [4.69, 9.17) is 0 Å². The van der Waals surface area contributed by atoms with Gasteiger partial charge in [0, 0.05) is 0 Å². The third-order valence-electron chi connectivity index (χ3n) is 3.75. The molecule has 0 bridgehead atoms. The van der Waals surface area contributed by atoms with Gasteiger partial charge < -0.3 is 10.6 Å². The first-order chi connectivity index (χ1) is 9.59. The van der Waals surface area contributed by atoms with Gasteiger partial charge in [-0.15, -0.1) is 0 Å². The molecule has 0 aliphatic carbocycles. The summed E-state index contributed by atoms with van der Waals surface area (Å²) < 4.78 is 26.8. The molecule has 1 amide bonds. The number of para-hydroxylation sites is 2. The molecule has 0 atom stereocenters. The topological polar surface area (TPSA) is 78.5 Å². The predicted molar refractivity (Wildman–Crippen MR) is 77.2 cm³/mol. The minimum Gasteiger partial charge on any atom is -0.323 e. The van der Waals surface area contributed by atoms with Crippen LogP contribution in [0, 0.1) is 0 Å². The molecule has 0 saturated carbocycles. The Morgan fingerprint density at radius 3 is 2.60 bits per heavy atom. The number of hydrogen-bond acceptors (Lipinski definition) is 4. The van der Waals surface area contributed by atoms with Crippen LogP contribution in [-0.4, -0.2) is 39.2 Å². The van der Waals surface area contributed by atoms with E-state index in [0.29, 0.717) is 37.3 Å². The second kappa shape index (κ2) is 5.06. The van der Waals surface area contributed by atoms with Gasteiger partial charge in [0.05, 0.1) is 16.6 Å². The van der Waals surface area contributed by atoms with Gasteiger partial charge in [-0.1, -0.05) is 12.1 Å². The molecule has 7 heteroatoms. The van der Waals surface area contributed by atoms with Crippen molar-refractivity contribution in [1.29, 1.82) is 0 Å². The Kier molecular flexibility index (Phi) is 3.39. The summed E-state index contributed by atoms with van der Waals surface area (Å²) >= 11 is 0. The summed E-state index contributed by atoms with van der Waals surface area (Å²) in [5, 5.41) is 5.45. The van der Waals surface area contributed by atoms with Gasteiger partial charge in [0.2, 0.25) is 15.9 Å². The fraction of sp³-hybridized carbons (Fsp3) is 0.462. The van der Waals surface area contributed by atoms with E-state index in [9.17, 15) is 13.2 Å². The van der Waals surface area contributed by atoms with Crippen molar-refractivity contribution in [2.75, 3.05) is 29.3 Å². The maximum atomic E-state index is 12.8. The van der Waals surface area contributed by atoms with Crippen molar-refractivity contribution < 1.29 is 13.2 Å². The molecular weight excluding hydrogens is 278 g/mol. The minimum atomic E-state index is -3.50. The van der Waals surface area contributed by atoms with Gasteiger partial charge in [0.25, 0.3) is 0 Å². The summed E-state index contributed by atoms with van der Waals surface area (Å²) in [7, 11) is -3.50. The van der Waals surface area contributed by atoms with Crippen molar-refractivity contribution in [1.82, 2.24) is 5.32 Å². The fourth-order valence-corrected chi connectivity index (χ4v) is 4.62. The predicted octanol–water partition coefficient (Wildman–Crippen LogP) is 0.527. The molecule has 1 saturated heterocycles. The van der Waals surface area contributed by atoms with E-state index >= 15 is 0 Å². The van der Waals surface area contributed by atoms with Crippen LogP contribution in [0.15, 0.2) is 24.3 Å². The Balaban J connectivity index is 1.98. The quantitative estimate of drug-likeness (QED) is 0.834. The van der Waals surface area contributed by atoms with Crippen molar-refractivity contribution in [2.24, 2.45) is 0 Å². The van der Waals surface area contributed by atoms with Gasteiger partial charge in [-0.25, -0.2) is 8.42 Å². The molecule has 20 heavy (non-hydrogen) atoms. The van der Waals surface area contributed by atoms with Gasteiger partial charge in [0.15, 0.2) is 0 Å². The maximum Gasteiger partial charge on any atom is 0.245 e. The van der Waals surface area contributed by atoms with E-state index in [0.717, 1.165) is 0 Å². The third kappa shape index (κ3) is 2.27. The smallest absolute Gasteiger partial charge is 0.245 e. The van der Waals surface area contributed by atoms with E-state index in [-0.39, 0.29) is 12.5 Å². The standard InChI is InChI=1S/C13H17N3O3S/c17-13-9-16(12-4-2-1-3-11(12)15-13)20(18,19)10-5-7-14-8-6-10/h1-4,10,14H,5-9H2,(H,15,17). The molecule has 2 N–H and O–H groups in total. The first-order valence-electron chi connectivity index (χ1n) is 6.70. The van der Waals surface area contributed by atoms with Gasteiger partial charge in [0.1, 0.15) is 6.54 Å². The summed E-state index contributed by atoms with van der Waals surface area (Å²) in [6.45, 7) is 1.26. The molecule has 0 aromatic heterocycles. The maximum absolute atomic E-state index is 12.8. The molecule has 0 radical (unpaired) electrons. The van der Waals surface area contributed by atoms with Crippen molar-refractivity contribution in [2.45, 2.75) is 18.1 Å². The van der Waals surface area contributed by atoms with E-state index in [1.807, 2.05) is 0 Å². The van der Waals surface area contributed by atoms with Crippen molar-refractivity contribution in [3.8, 4) is 0 Å². The molecule has 0 spiro atoms. The van der Waals surface area contributed by atoms with Crippen LogP contribution < -0.4 is 14.9 Å². The number of benzene rings is 1. The highest BCUT2D eigenvalue weighted by molar-refractivity contribution is 7.93. The summed E-state index contributed by atoms with van der Waals surface area (Å²) in [4.78, 5) is 11.7. The van der Waals surface area contributed by atoms with Gasteiger partial charge in [-0.2, -0.15) is 0 Å². The number of rotatable bonds is 2. The van der Waals surface area contributed by atoms with E-state index in [1.165, 1.54) is 4.31 Å². The molecule has 1 aromatic carbocycles. The lowest BCUT2D eigenvalue weighted by molar-refractivity contribution is -0.115. The fourth-order valence-electron chi connectivity index (χ4n) is 2.70. The summed E-state index contributed by atoms with van der Waals surface area (Å²) in [5.41, 5.74) is 1.12. The van der Waals surface area contributed by atoms with Gasteiger partial charge >= 0.3 is 0 Å². The van der Waals surface area contributed by atoms with Crippen LogP contribution in [-0.2, 0) is 14.8 Å². The highest BCUT2D eigenvalue weighted by atomic mass is 32.2. The molecule has 1 fully saturated rings. The zero-order valence-electron chi connectivity index (χ0n) is 11.0. The summed E-state index contributed by atoms with van der Waals surface area (Å²) in [6.07, 6.45) is 1.17. The molecule has 1 aromatic rings. The van der Waals surface area contributed by atoms with Gasteiger partial charge in [-0.05, 0) is 38.1 Å². The number of fused-ring (bicyclic) bond motifs is 1. The Morgan fingerprint density at radius 1 is 1.15 bits per heavy atom. The Morgan fingerprint density at radius 2 is 1.85 bits per heavy atom. The SMILES string of the molecule is O=C1CN(S(=O)(=O)C2CCNCC2)c2ccccc2N1. The van der Waals surface area contributed by atoms with E-state index in [2.05, 4.69) is 10.6 Å². The molecule has 6 nitrogen and oxygen atoms in total. The first-order valence-corrected chi connectivity index (χ1v) is 8.20. The number of nitrogens with zero attached hydrogens (tertiary/aromatic N) is 1. The van der Waals surface area contributed by atoms with E-state index < -0.39 is 15.3 Å². The Bertz CT molecular complexity index is 624. The van der Waals surface area contributed by atoms with Gasteiger partial charge in [-0.3, -0.25) is 9.10 Å². The van der Waals surface area contributed by atoms with Crippen LogP contribution in [0.5, 0.6) is 0 Å². The number of carbonyl (C=O) groups excluding carboxylic acids is 1. The molecule has 2 heterocycles.